The number of thioether (sulfide) groups is 1. The molecule has 0 aliphatic rings. The van der Waals surface area contributed by atoms with E-state index in [0.29, 0.717) is 44.4 Å². The van der Waals surface area contributed by atoms with Gasteiger partial charge in [0.2, 0.25) is 11.8 Å². The van der Waals surface area contributed by atoms with Gasteiger partial charge in [-0.15, -0.1) is 11.8 Å². The summed E-state index contributed by atoms with van der Waals surface area (Å²) >= 11 is 26.1. The number of benzene rings is 2. The normalized spacial score (nSPS) is 11.8. The van der Waals surface area contributed by atoms with Crippen molar-refractivity contribution in [2.24, 2.45) is 0 Å². The first kappa shape index (κ1) is 26.1. The third kappa shape index (κ3) is 7.47. The van der Waals surface area contributed by atoms with Crippen LogP contribution in [0, 0.1) is 0 Å². The SMILES string of the molecule is CCNC(=O)[C@@H](CC)N(Cc1c(Cl)cccc1Cl)C(=O)CSCc1ccc(Cl)c(Cl)c1. The van der Waals surface area contributed by atoms with Crippen LogP contribution < -0.4 is 5.32 Å². The van der Waals surface area contributed by atoms with Gasteiger partial charge in [-0.05, 0) is 43.2 Å². The number of halogens is 4. The van der Waals surface area contributed by atoms with Gasteiger partial charge in [0, 0.05) is 34.5 Å². The van der Waals surface area contributed by atoms with E-state index < -0.39 is 6.04 Å². The number of nitrogens with zero attached hydrogens (tertiary/aromatic N) is 1. The zero-order valence-corrected chi connectivity index (χ0v) is 21.1. The average molecular weight is 522 g/mol. The zero-order valence-electron chi connectivity index (χ0n) is 17.3. The lowest BCUT2D eigenvalue weighted by Crippen LogP contribution is -2.49. The molecule has 9 heteroatoms. The van der Waals surface area contributed by atoms with E-state index in [9.17, 15) is 9.59 Å². The van der Waals surface area contributed by atoms with Crippen molar-refractivity contribution in [1.82, 2.24) is 10.2 Å². The van der Waals surface area contributed by atoms with E-state index in [1.165, 1.54) is 11.8 Å². The molecule has 168 valence electrons. The molecule has 2 amide bonds. The third-order valence-electron chi connectivity index (χ3n) is 4.61. The van der Waals surface area contributed by atoms with Crippen molar-refractivity contribution in [1.29, 1.82) is 0 Å². The van der Waals surface area contributed by atoms with E-state index in [1.807, 2.05) is 19.9 Å². The van der Waals surface area contributed by atoms with Crippen molar-refractivity contribution in [3.8, 4) is 0 Å². The lowest BCUT2D eigenvalue weighted by atomic mass is 10.1. The minimum atomic E-state index is -0.620. The van der Waals surface area contributed by atoms with Gasteiger partial charge in [-0.2, -0.15) is 0 Å². The number of nitrogens with one attached hydrogen (secondary N) is 1. The quantitative estimate of drug-likeness (QED) is 0.389. The molecule has 0 aromatic heterocycles. The Morgan fingerprint density at radius 3 is 2.26 bits per heavy atom. The number of amides is 2. The minimum absolute atomic E-state index is 0.153. The van der Waals surface area contributed by atoms with Crippen LogP contribution in [0.25, 0.3) is 0 Å². The maximum atomic E-state index is 13.2. The highest BCUT2D eigenvalue weighted by atomic mass is 35.5. The molecule has 0 aliphatic heterocycles. The Kier molecular flexibility index (Phi) is 10.8. The smallest absolute Gasteiger partial charge is 0.242 e. The second-order valence-electron chi connectivity index (χ2n) is 6.78. The molecule has 0 heterocycles. The van der Waals surface area contributed by atoms with Crippen LogP contribution in [-0.2, 0) is 21.9 Å². The Hall–Kier alpha value is -1.11. The van der Waals surface area contributed by atoms with Crippen molar-refractivity contribution in [2.45, 2.75) is 38.6 Å². The van der Waals surface area contributed by atoms with Gasteiger partial charge < -0.3 is 10.2 Å². The van der Waals surface area contributed by atoms with Crippen LogP contribution in [0.2, 0.25) is 20.1 Å². The van der Waals surface area contributed by atoms with E-state index in [2.05, 4.69) is 5.32 Å². The molecule has 0 saturated heterocycles. The van der Waals surface area contributed by atoms with Crippen LogP contribution in [0.1, 0.15) is 31.4 Å². The topological polar surface area (TPSA) is 49.4 Å². The van der Waals surface area contributed by atoms with Crippen molar-refractivity contribution >= 4 is 70.0 Å². The number of hydrogen-bond acceptors (Lipinski definition) is 3. The molecule has 31 heavy (non-hydrogen) atoms. The molecule has 0 spiro atoms. The fraction of sp³-hybridized carbons (Fsp3) is 0.364. The lowest BCUT2D eigenvalue weighted by molar-refractivity contribution is -0.139. The molecule has 4 nitrogen and oxygen atoms in total. The molecule has 2 rings (SSSR count). The van der Waals surface area contributed by atoms with E-state index in [-0.39, 0.29) is 24.1 Å². The van der Waals surface area contributed by atoms with E-state index in [0.717, 1.165) is 5.56 Å². The van der Waals surface area contributed by atoms with Crippen molar-refractivity contribution in [3.63, 3.8) is 0 Å². The standard InChI is InChI=1S/C22H24Cl4N2O2S/c1-3-20(22(30)27-4-2)28(11-15-16(23)6-5-7-17(15)24)21(29)13-31-12-14-8-9-18(25)19(26)10-14/h5-10,20H,3-4,11-13H2,1-2H3,(H,27,30)/t20-/m1/s1. The fourth-order valence-corrected chi connectivity index (χ4v) is 4.73. The summed E-state index contributed by atoms with van der Waals surface area (Å²) in [7, 11) is 0. The zero-order chi connectivity index (χ0) is 23.0. The van der Waals surface area contributed by atoms with E-state index >= 15 is 0 Å². The van der Waals surface area contributed by atoms with Crippen LogP contribution >= 0.6 is 58.2 Å². The van der Waals surface area contributed by atoms with E-state index in [1.54, 1.807) is 35.2 Å². The maximum Gasteiger partial charge on any atom is 0.242 e. The highest BCUT2D eigenvalue weighted by Gasteiger charge is 2.29. The van der Waals surface area contributed by atoms with Gasteiger partial charge >= 0.3 is 0 Å². The van der Waals surface area contributed by atoms with Crippen molar-refractivity contribution in [3.05, 3.63) is 67.6 Å². The van der Waals surface area contributed by atoms with Gasteiger partial charge in [-0.1, -0.05) is 65.5 Å². The Balaban J connectivity index is 2.18. The number of carbonyl (C=O) groups is 2. The van der Waals surface area contributed by atoms with Gasteiger partial charge in [-0.3, -0.25) is 9.59 Å². The lowest BCUT2D eigenvalue weighted by Gasteiger charge is -2.31. The Labute approximate surface area is 207 Å². The minimum Gasteiger partial charge on any atom is -0.355 e. The predicted molar refractivity (Wildman–Crippen MR) is 132 cm³/mol. The molecular formula is C22H24Cl4N2O2S. The summed E-state index contributed by atoms with van der Waals surface area (Å²) in [5, 5.41) is 4.69. The van der Waals surface area contributed by atoms with Crippen LogP contribution in [0.3, 0.4) is 0 Å². The molecule has 0 saturated carbocycles. The first-order valence-electron chi connectivity index (χ1n) is 9.80. The van der Waals surface area contributed by atoms with Crippen LogP contribution in [0.4, 0.5) is 0 Å². The van der Waals surface area contributed by atoms with Gasteiger partial charge in [0.1, 0.15) is 6.04 Å². The summed E-state index contributed by atoms with van der Waals surface area (Å²) in [6.45, 7) is 4.35. The summed E-state index contributed by atoms with van der Waals surface area (Å²) in [6, 6.07) is 9.95. The second kappa shape index (κ2) is 12.8. The Morgan fingerprint density at radius 1 is 1.00 bits per heavy atom. The molecule has 2 aromatic rings. The molecule has 2 aromatic carbocycles. The molecule has 0 fully saturated rings. The number of hydrogen-bond donors (Lipinski definition) is 1. The summed E-state index contributed by atoms with van der Waals surface area (Å²) in [6.07, 6.45) is 0.469. The molecule has 0 radical (unpaired) electrons. The third-order valence-corrected chi connectivity index (χ3v) is 7.04. The van der Waals surface area contributed by atoms with Gasteiger partial charge in [0.15, 0.2) is 0 Å². The Morgan fingerprint density at radius 2 is 1.68 bits per heavy atom. The average Bonchev–Trinajstić information content (AvgIpc) is 2.72. The highest BCUT2D eigenvalue weighted by Crippen LogP contribution is 2.28. The van der Waals surface area contributed by atoms with E-state index in [4.69, 9.17) is 46.4 Å². The highest BCUT2D eigenvalue weighted by molar-refractivity contribution is 7.99. The number of likely N-dealkylation sites (N-methyl/N-ethyl adjacent to an activating group) is 1. The van der Waals surface area contributed by atoms with Crippen molar-refractivity contribution in [2.75, 3.05) is 12.3 Å². The molecular weight excluding hydrogens is 498 g/mol. The van der Waals surface area contributed by atoms with Gasteiger partial charge in [0.25, 0.3) is 0 Å². The van der Waals surface area contributed by atoms with Crippen LogP contribution in [-0.4, -0.2) is 35.1 Å². The monoisotopic (exact) mass is 520 g/mol. The number of rotatable bonds is 10. The first-order chi connectivity index (χ1) is 14.8. The fourth-order valence-electron chi connectivity index (χ4n) is 3.03. The maximum absolute atomic E-state index is 13.2. The van der Waals surface area contributed by atoms with Crippen LogP contribution in [0.5, 0.6) is 0 Å². The molecule has 1 N–H and O–H groups in total. The van der Waals surface area contributed by atoms with Gasteiger partial charge in [0.05, 0.1) is 15.8 Å². The Bertz CT molecular complexity index is 906. The summed E-state index contributed by atoms with van der Waals surface area (Å²) < 4.78 is 0. The number of carbonyl (C=O) groups excluding carboxylic acids is 2. The van der Waals surface area contributed by atoms with Crippen LogP contribution in [0.15, 0.2) is 36.4 Å². The first-order valence-corrected chi connectivity index (χ1v) is 12.5. The molecule has 0 aliphatic carbocycles. The van der Waals surface area contributed by atoms with Crippen molar-refractivity contribution < 1.29 is 9.59 Å². The van der Waals surface area contributed by atoms with Gasteiger partial charge in [-0.25, -0.2) is 0 Å². The molecule has 1 atom stereocenters. The largest absolute Gasteiger partial charge is 0.355 e. The predicted octanol–water partition coefficient (Wildman–Crippen LogP) is 6.48. The summed E-state index contributed by atoms with van der Waals surface area (Å²) in [4.78, 5) is 27.4. The summed E-state index contributed by atoms with van der Waals surface area (Å²) in [5.41, 5.74) is 1.58. The molecule has 0 unspecified atom stereocenters. The second-order valence-corrected chi connectivity index (χ2v) is 9.40. The molecule has 0 bridgehead atoms. The summed E-state index contributed by atoms with van der Waals surface area (Å²) in [5.74, 6) is 0.412.